The van der Waals surface area contributed by atoms with Gasteiger partial charge in [0.1, 0.15) is 0 Å². The standard InChI is InChI=1S/C14H9ClN4/c1-9-11(3-2-4-12(9)15)14-18-17-13-7-10(8-16)5-6-19(13)14/h2-7H,1H3. The molecule has 1 aromatic carbocycles. The Labute approximate surface area is 114 Å². The van der Waals surface area contributed by atoms with E-state index in [4.69, 9.17) is 16.9 Å². The van der Waals surface area contributed by atoms with Crippen molar-refractivity contribution in [3.05, 3.63) is 52.7 Å². The molecule has 0 radical (unpaired) electrons. The van der Waals surface area contributed by atoms with Crippen molar-refractivity contribution in [1.29, 1.82) is 5.26 Å². The molecule has 0 aliphatic heterocycles. The minimum absolute atomic E-state index is 0.564. The van der Waals surface area contributed by atoms with Gasteiger partial charge in [0.05, 0.1) is 11.6 Å². The van der Waals surface area contributed by atoms with Gasteiger partial charge in [0.15, 0.2) is 11.5 Å². The third-order valence-electron chi connectivity index (χ3n) is 3.05. The molecule has 92 valence electrons. The molecule has 0 unspecified atom stereocenters. The molecule has 3 rings (SSSR count). The Bertz CT molecular complexity index is 814. The fourth-order valence-electron chi connectivity index (χ4n) is 1.99. The smallest absolute Gasteiger partial charge is 0.168 e. The molecule has 0 aliphatic carbocycles. The van der Waals surface area contributed by atoms with Crippen LogP contribution in [-0.2, 0) is 0 Å². The summed E-state index contributed by atoms with van der Waals surface area (Å²) < 4.78 is 1.85. The van der Waals surface area contributed by atoms with Crippen molar-refractivity contribution in [2.24, 2.45) is 0 Å². The highest BCUT2D eigenvalue weighted by molar-refractivity contribution is 6.31. The molecule has 0 fully saturated rings. The Morgan fingerprint density at radius 2 is 2.11 bits per heavy atom. The lowest BCUT2D eigenvalue weighted by Gasteiger charge is -2.05. The van der Waals surface area contributed by atoms with E-state index in [1.807, 2.05) is 29.5 Å². The molecule has 19 heavy (non-hydrogen) atoms. The summed E-state index contributed by atoms with van der Waals surface area (Å²) in [5, 5.41) is 17.9. The molecule has 3 aromatic rings. The van der Waals surface area contributed by atoms with Gasteiger partial charge in [-0.1, -0.05) is 23.7 Å². The molecular weight excluding hydrogens is 260 g/mol. The molecule has 0 spiro atoms. The number of halogens is 1. The maximum Gasteiger partial charge on any atom is 0.168 e. The van der Waals surface area contributed by atoms with E-state index in [-0.39, 0.29) is 0 Å². The highest BCUT2D eigenvalue weighted by atomic mass is 35.5. The first-order chi connectivity index (χ1) is 9.20. The third kappa shape index (κ3) is 1.85. The molecule has 0 bridgehead atoms. The number of fused-ring (bicyclic) bond motifs is 1. The minimum Gasteiger partial charge on any atom is -0.282 e. The van der Waals surface area contributed by atoms with Crippen LogP contribution in [0.3, 0.4) is 0 Å². The zero-order valence-corrected chi connectivity index (χ0v) is 10.9. The summed E-state index contributed by atoms with van der Waals surface area (Å²) in [6.07, 6.45) is 1.80. The second kappa shape index (κ2) is 4.38. The number of benzene rings is 1. The van der Waals surface area contributed by atoms with Crippen molar-refractivity contribution >= 4 is 17.2 Å². The Kier molecular flexibility index (Phi) is 2.69. The number of aromatic nitrogens is 3. The average molecular weight is 269 g/mol. The van der Waals surface area contributed by atoms with E-state index >= 15 is 0 Å². The van der Waals surface area contributed by atoms with Gasteiger partial charge in [0, 0.05) is 22.8 Å². The predicted molar refractivity (Wildman–Crippen MR) is 72.9 cm³/mol. The van der Waals surface area contributed by atoms with Crippen LogP contribution in [0.25, 0.3) is 17.0 Å². The van der Waals surface area contributed by atoms with Gasteiger partial charge in [0.25, 0.3) is 0 Å². The quantitative estimate of drug-likeness (QED) is 0.681. The summed E-state index contributed by atoms with van der Waals surface area (Å²) in [6, 6.07) is 11.2. The number of rotatable bonds is 1. The Balaban J connectivity index is 2.27. The van der Waals surface area contributed by atoms with Gasteiger partial charge in [-0.05, 0) is 24.6 Å². The van der Waals surface area contributed by atoms with E-state index in [9.17, 15) is 0 Å². The molecule has 0 saturated heterocycles. The van der Waals surface area contributed by atoms with Gasteiger partial charge in [-0.3, -0.25) is 4.40 Å². The summed E-state index contributed by atoms with van der Waals surface area (Å²) in [6.45, 7) is 1.95. The van der Waals surface area contributed by atoms with Crippen molar-refractivity contribution < 1.29 is 0 Å². The molecule has 4 nitrogen and oxygen atoms in total. The van der Waals surface area contributed by atoms with Crippen LogP contribution >= 0.6 is 11.6 Å². The molecule has 0 saturated carbocycles. The molecular formula is C14H9ClN4. The summed E-state index contributed by atoms with van der Waals surface area (Å²) in [5.74, 6) is 0.722. The monoisotopic (exact) mass is 268 g/mol. The van der Waals surface area contributed by atoms with Gasteiger partial charge in [-0.25, -0.2) is 0 Å². The van der Waals surface area contributed by atoms with Crippen LogP contribution in [0.15, 0.2) is 36.5 Å². The van der Waals surface area contributed by atoms with Crippen LogP contribution in [0, 0.1) is 18.3 Å². The Morgan fingerprint density at radius 3 is 2.89 bits per heavy atom. The second-order valence-electron chi connectivity index (χ2n) is 4.19. The van der Waals surface area contributed by atoms with Crippen molar-refractivity contribution in [3.8, 4) is 17.5 Å². The Morgan fingerprint density at radius 1 is 1.26 bits per heavy atom. The Hall–Kier alpha value is -2.38. The lowest BCUT2D eigenvalue weighted by molar-refractivity contribution is 1.11. The highest BCUT2D eigenvalue weighted by Gasteiger charge is 2.12. The zero-order valence-electron chi connectivity index (χ0n) is 10.1. The van der Waals surface area contributed by atoms with E-state index in [0.29, 0.717) is 16.2 Å². The third-order valence-corrected chi connectivity index (χ3v) is 3.46. The van der Waals surface area contributed by atoms with Gasteiger partial charge in [-0.2, -0.15) is 5.26 Å². The van der Waals surface area contributed by atoms with Crippen molar-refractivity contribution in [2.75, 3.05) is 0 Å². The highest BCUT2D eigenvalue weighted by Crippen LogP contribution is 2.27. The van der Waals surface area contributed by atoms with Crippen LogP contribution in [0.1, 0.15) is 11.1 Å². The van der Waals surface area contributed by atoms with Crippen LogP contribution in [0.2, 0.25) is 5.02 Å². The van der Waals surface area contributed by atoms with Gasteiger partial charge in [-0.15, -0.1) is 10.2 Å². The number of hydrogen-bond donors (Lipinski definition) is 0. The minimum atomic E-state index is 0.564. The molecule has 5 heteroatoms. The fourth-order valence-corrected chi connectivity index (χ4v) is 2.17. The number of nitrogens with zero attached hydrogens (tertiary/aromatic N) is 4. The summed E-state index contributed by atoms with van der Waals surface area (Å²) in [7, 11) is 0. The van der Waals surface area contributed by atoms with Crippen molar-refractivity contribution in [1.82, 2.24) is 14.6 Å². The molecule has 2 aromatic heterocycles. The van der Waals surface area contributed by atoms with Crippen LogP contribution in [0.4, 0.5) is 0 Å². The normalized spacial score (nSPS) is 10.6. The maximum absolute atomic E-state index is 8.88. The van der Waals surface area contributed by atoms with Crippen molar-refractivity contribution in [3.63, 3.8) is 0 Å². The lowest BCUT2D eigenvalue weighted by atomic mass is 10.1. The summed E-state index contributed by atoms with van der Waals surface area (Å²) in [4.78, 5) is 0. The second-order valence-corrected chi connectivity index (χ2v) is 4.60. The molecule has 0 aliphatic rings. The van der Waals surface area contributed by atoms with Gasteiger partial charge in [0.2, 0.25) is 0 Å². The first-order valence-electron chi connectivity index (χ1n) is 5.71. The maximum atomic E-state index is 8.88. The summed E-state index contributed by atoms with van der Waals surface area (Å²) in [5.41, 5.74) is 3.11. The van der Waals surface area contributed by atoms with Crippen molar-refractivity contribution in [2.45, 2.75) is 6.92 Å². The van der Waals surface area contributed by atoms with Crippen LogP contribution in [-0.4, -0.2) is 14.6 Å². The van der Waals surface area contributed by atoms with Crippen LogP contribution < -0.4 is 0 Å². The first kappa shape index (κ1) is 11.7. The largest absolute Gasteiger partial charge is 0.282 e. The summed E-state index contributed by atoms with van der Waals surface area (Å²) >= 11 is 6.13. The van der Waals surface area contributed by atoms with E-state index in [0.717, 1.165) is 17.0 Å². The average Bonchev–Trinajstić information content (AvgIpc) is 2.84. The van der Waals surface area contributed by atoms with Gasteiger partial charge < -0.3 is 0 Å². The molecule has 0 N–H and O–H groups in total. The topological polar surface area (TPSA) is 54.0 Å². The molecule has 0 amide bonds. The van der Waals surface area contributed by atoms with E-state index in [2.05, 4.69) is 16.3 Å². The molecule has 2 heterocycles. The fraction of sp³-hybridized carbons (Fsp3) is 0.0714. The van der Waals surface area contributed by atoms with E-state index in [1.54, 1.807) is 18.3 Å². The lowest BCUT2D eigenvalue weighted by Crippen LogP contribution is -1.92. The number of pyridine rings is 1. The van der Waals surface area contributed by atoms with E-state index in [1.165, 1.54) is 0 Å². The number of hydrogen-bond acceptors (Lipinski definition) is 3. The SMILES string of the molecule is Cc1c(Cl)cccc1-c1nnc2cc(C#N)ccn12. The van der Waals surface area contributed by atoms with Crippen LogP contribution in [0.5, 0.6) is 0 Å². The first-order valence-corrected chi connectivity index (χ1v) is 6.09. The zero-order chi connectivity index (χ0) is 13.4. The van der Waals surface area contributed by atoms with E-state index < -0.39 is 0 Å². The number of nitriles is 1. The molecule has 0 atom stereocenters. The predicted octanol–water partition coefficient (Wildman–Crippen LogP) is 3.23. The van der Waals surface area contributed by atoms with Gasteiger partial charge >= 0.3 is 0 Å².